The first-order valence-corrected chi connectivity index (χ1v) is 7.11. The van der Waals surface area contributed by atoms with Crippen LogP contribution in [-0.2, 0) is 28.6 Å². The minimum Gasteiger partial charge on any atom is -0.464 e. The van der Waals surface area contributed by atoms with Crippen molar-refractivity contribution in [2.45, 2.75) is 26.6 Å². The van der Waals surface area contributed by atoms with Gasteiger partial charge in [-0.2, -0.15) is 0 Å². The summed E-state index contributed by atoms with van der Waals surface area (Å²) in [5.41, 5.74) is -0.181. The smallest absolute Gasteiger partial charge is 0.351 e. The predicted octanol–water partition coefficient (Wildman–Crippen LogP) is 0.550. The highest BCUT2D eigenvalue weighted by Crippen LogP contribution is 2.26. The van der Waals surface area contributed by atoms with Crippen LogP contribution < -0.4 is 5.32 Å². The maximum Gasteiger partial charge on any atom is 0.351 e. The van der Waals surface area contributed by atoms with Crippen molar-refractivity contribution in [2.24, 2.45) is 0 Å². The molecule has 0 amide bonds. The van der Waals surface area contributed by atoms with Gasteiger partial charge in [-0.25, -0.2) is 9.59 Å². The molecule has 1 aliphatic rings. The number of nitrogens with one attached hydrogen (secondary N) is 1. The Kier molecular flexibility index (Phi) is 5.43. The van der Waals surface area contributed by atoms with E-state index in [1.807, 2.05) is 0 Å². The fraction of sp³-hybridized carbons (Fsp3) is 0.583. The van der Waals surface area contributed by atoms with Crippen LogP contribution in [0.3, 0.4) is 0 Å². The average molecular weight is 303 g/mol. The van der Waals surface area contributed by atoms with Crippen LogP contribution in [0.1, 0.15) is 20.8 Å². The number of thioether (sulfide) groups is 1. The molecule has 0 bridgehead atoms. The highest BCUT2D eigenvalue weighted by Gasteiger charge is 2.40. The minimum atomic E-state index is -1.26. The third kappa shape index (κ3) is 4.44. The van der Waals surface area contributed by atoms with E-state index in [-0.39, 0.29) is 18.7 Å². The van der Waals surface area contributed by atoms with Gasteiger partial charge in [0.05, 0.1) is 5.03 Å². The Morgan fingerprint density at radius 1 is 1.30 bits per heavy atom. The molecule has 1 fully saturated rings. The fourth-order valence-electron chi connectivity index (χ4n) is 1.46. The van der Waals surface area contributed by atoms with Crippen molar-refractivity contribution in [3.63, 3.8) is 0 Å². The molecule has 1 N–H and O–H groups in total. The van der Waals surface area contributed by atoms with E-state index in [1.165, 1.54) is 32.5 Å². The summed E-state index contributed by atoms with van der Waals surface area (Å²) in [4.78, 5) is 34.3. The zero-order chi connectivity index (χ0) is 15.3. The molecule has 0 radical (unpaired) electrons. The maximum absolute atomic E-state index is 11.8. The lowest BCUT2D eigenvalue weighted by Gasteiger charge is -2.30. The summed E-state index contributed by atoms with van der Waals surface area (Å²) in [6.07, 6.45) is 1.70. The molecule has 1 rings (SSSR count). The van der Waals surface area contributed by atoms with Gasteiger partial charge in [0.25, 0.3) is 5.79 Å². The molecule has 8 heteroatoms. The van der Waals surface area contributed by atoms with Crippen molar-refractivity contribution in [3.8, 4) is 0 Å². The van der Waals surface area contributed by atoms with E-state index in [1.54, 1.807) is 6.26 Å². The van der Waals surface area contributed by atoms with E-state index in [0.717, 1.165) is 0 Å². The standard InChI is InChI=1S/C12H17NO6S/c1-7(14)17-6-5-13-9(20-4)8-10(15)18-12(2,3)19-11(8)16/h13H,5-6H2,1-4H3. The molecule has 0 saturated carbocycles. The number of cyclic esters (lactones) is 2. The van der Waals surface area contributed by atoms with Crippen LogP contribution in [0.15, 0.2) is 10.6 Å². The van der Waals surface area contributed by atoms with Crippen molar-refractivity contribution in [1.29, 1.82) is 0 Å². The Bertz CT molecular complexity index is 435. The highest BCUT2D eigenvalue weighted by molar-refractivity contribution is 8.02. The summed E-state index contributed by atoms with van der Waals surface area (Å²) in [5, 5.41) is 3.17. The summed E-state index contributed by atoms with van der Waals surface area (Å²) in [6, 6.07) is 0. The second kappa shape index (κ2) is 6.65. The first-order valence-electron chi connectivity index (χ1n) is 5.89. The second-order valence-corrected chi connectivity index (χ2v) is 5.17. The van der Waals surface area contributed by atoms with Gasteiger partial charge in [0.1, 0.15) is 6.61 Å². The molecule has 20 heavy (non-hydrogen) atoms. The van der Waals surface area contributed by atoms with E-state index < -0.39 is 23.7 Å². The lowest BCUT2D eigenvalue weighted by atomic mass is 10.2. The number of carbonyl (C=O) groups excluding carboxylic acids is 3. The van der Waals surface area contributed by atoms with Crippen molar-refractivity contribution >= 4 is 29.7 Å². The van der Waals surface area contributed by atoms with Crippen LogP contribution in [-0.4, -0.2) is 43.1 Å². The van der Waals surface area contributed by atoms with E-state index in [0.29, 0.717) is 5.03 Å². The lowest BCUT2D eigenvalue weighted by Crippen LogP contribution is -2.43. The quantitative estimate of drug-likeness (QED) is 0.341. The van der Waals surface area contributed by atoms with Gasteiger partial charge in [0.2, 0.25) is 0 Å². The fourth-order valence-corrected chi connectivity index (χ4v) is 2.08. The molecule has 0 aliphatic carbocycles. The topological polar surface area (TPSA) is 90.9 Å². The molecule has 0 atom stereocenters. The predicted molar refractivity (Wildman–Crippen MR) is 71.4 cm³/mol. The summed E-state index contributed by atoms with van der Waals surface area (Å²) in [6.45, 7) is 4.65. The number of hydrogen-bond donors (Lipinski definition) is 1. The first kappa shape index (κ1) is 16.4. The molecule has 1 aliphatic heterocycles. The van der Waals surface area contributed by atoms with Crippen molar-refractivity contribution in [1.82, 2.24) is 5.32 Å². The van der Waals surface area contributed by atoms with Gasteiger partial charge in [0.15, 0.2) is 5.57 Å². The van der Waals surface area contributed by atoms with Crippen LogP contribution in [0.4, 0.5) is 0 Å². The molecular weight excluding hydrogens is 286 g/mol. The molecule has 7 nitrogen and oxygen atoms in total. The summed E-state index contributed by atoms with van der Waals surface area (Å²) in [7, 11) is 0. The largest absolute Gasteiger partial charge is 0.464 e. The maximum atomic E-state index is 11.8. The Morgan fingerprint density at radius 3 is 2.30 bits per heavy atom. The van der Waals surface area contributed by atoms with E-state index in [4.69, 9.17) is 14.2 Å². The summed E-state index contributed by atoms with van der Waals surface area (Å²) >= 11 is 1.17. The molecule has 0 spiro atoms. The van der Waals surface area contributed by atoms with E-state index in [2.05, 4.69) is 5.32 Å². The Balaban J connectivity index is 2.76. The highest BCUT2D eigenvalue weighted by atomic mass is 32.2. The van der Waals surface area contributed by atoms with Gasteiger partial charge in [0, 0.05) is 27.3 Å². The Hall–Kier alpha value is -1.70. The van der Waals surface area contributed by atoms with Gasteiger partial charge >= 0.3 is 17.9 Å². The molecule has 0 unspecified atom stereocenters. The average Bonchev–Trinajstić information content (AvgIpc) is 2.29. The minimum absolute atomic E-state index is 0.127. The molecule has 112 valence electrons. The van der Waals surface area contributed by atoms with Gasteiger partial charge in [-0.3, -0.25) is 4.79 Å². The van der Waals surface area contributed by atoms with Crippen LogP contribution in [0.25, 0.3) is 0 Å². The van der Waals surface area contributed by atoms with Gasteiger partial charge in [-0.05, 0) is 6.26 Å². The van der Waals surface area contributed by atoms with Gasteiger partial charge in [-0.1, -0.05) is 0 Å². The van der Waals surface area contributed by atoms with E-state index >= 15 is 0 Å². The van der Waals surface area contributed by atoms with Crippen molar-refractivity contribution in [2.75, 3.05) is 19.4 Å². The number of ether oxygens (including phenoxy) is 3. The number of hydrogen-bond acceptors (Lipinski definition) is 8. The van der Waals surface area contributed by atoms with Gasteiger partial charge in [-0.15, -0.1) is 11.8 Å². The van der Waals surface area contributed by atoms with Crippen molar-refractivity contribution < 1.29 is 28.6 Å². The van der Waals surface area contributed by atoms with Crippen LogP contribution in [0, 0.1) is 0 Å². The molecule has 1 heterocycles. The summed E-state index contributed by atoms with van der Waals surface area (Å²) in [5.74, 6) is -3.14. The third-order valence-corrected chi connectivity index (χ3v) is 2.97. The molecular formula is C12H17NO6S. The Morgan fingerprint density at radius 2 is 1.85 bits per heavy atom. The zero-order valence-electron chi connectivity index (χ0n) is 11.8. The number of esters is 3. The van der Waals surface area contributed by atoms with Crippen molar-refractivity contribution in [3.05, 3.63) is 10.6 Å². The zero-order valence-corrected chi connectivity index (χ0v) is 12.6. The molecule has 0 aromatic rings. The Labute approximate surface area is 121 Å². The first-order chi connectivity index (χ1) is 9.26. The number of carbonyl (C=O) groups is 3. The molecule has 0 aromatic heterocycles. The normalized spacial score (nSPS) is 17.1. The second-order valence-electron chi connectivity index (χ2n) is 4.35. The van der Waals surface area contributed by atoms with Crippen LogP contribution in [0.2, 0.25) is 0 Å². The SMILES string of the molecule is CSC(NCCOC(C)=O)=C1C(=O)OC(C)(C)OC1=O. The van der Waals surface area contributed by atoms with Gasteiger partial charge < -0.3 is 19.5 Å². The lowest BCUT2D eigenvalue weighted by molar-refractivity contribution is -0.222. The molecule has 0 aromatic carbocycles. The number of rotatable bonds is 5. The summed E-state index contributed by atoms with van der Waals surface area (Å²) < 4.78 is 14.8. The third-order valence-electron chi connectivity index (χ3n) is 2.21. The molecule has 1 saturated heterocycles. The van der Waals surface area contributed by atoms with Crippen LogP contribution >= 0.6 is 11.8 Å². The van der Waals surface area contributed by atoms with E-state index in [9.17, 15) is 14.4 Å². The monoisotopic (exact) mass is 303 g/mol. The van der Waals surface area contributed by atoms with Crippen LogP contribution in [0.5, 0.6) is 0 Å².